The number of ether oxygens (including phenoxy) is 1. The van der Waals surface area contributed by atoms with Crippen LogP contribution in [0, 0.1) is 11.6 Å². The summed E-state index contributed by atoms with van der Waals surface area (Å²) in [5, 5.41) is 3.11. The molecule has 2 rings (SSSR count). The number of hydrogen-bond donors (Lipinski definition) is 1. The molecule has 1 amide bonds. The smallest absolute Gasteiger partial charge is 0.242 e. The Labute approximate surface area is 128 Å². The first-order chi connectivity index (χ1) is 9.49. The Kier molecular flexibility index (Phi) is 6.51. The molecule has 7 heteroatoms. The Balaban J connectivity index is 0.00000220. The number of amides is 1. The summed E-state index contributed by atoms with van der Waals surface area (Å²) in [5.74, 6) is -1.92. The standard InChI is InChI=1S/C14H18F2N2O2.ClH/c1-9-13(17-5-6-20-9)14(19)18(2)8-10-3-4-11(15)12(16)7-10;/h3-4,7,9,13,17H,5-6,8H2,1-2H3;1H/t9-,13+;/m1./s1. The van der Waals surface area contributed by atoms with Crippen LogP contribution in [-0.4, -0.2) is 43.2 Å². The minimum absolute atomic E-state index is 0. The van der Waals surface area contributed by atoms with Crippen molar-refractivity contribution in [2.45, 2.75) is 25.6 Å². The van der Waals surface area contributed by atoms with Crippen LogP contribution in [0.4, 0.5) is 8.78 Å². The molecule has 0 saturated carbocycles. The molecular formula is C14H19ClF2N2O2. The molecular weight excluding hydrogens is 302 g/mol. The molecule has 1 fully saturated rings. The van der Waals surface area contributed by atoms with Gasteiger partial charge in [-0.1, -0.05) is 6.07 Å². The van der Waals surface area contributed by atoms with Gasteiger partial charge in [0.15, 0.2) is 11.6 Å². The highest BCUT2D eigenvalue weighted by Gasteiger charge is 2.30. The Hall–Kier alpha value is -1.24. The lowest BCUT2D eigenvalue weighted by Crippen LogP contribution is -2.55. The highest BCUT2D eigenvalue weighted by Crippen LogP contribution is 2.13. The molecule has 0 spiro atoms. The number of likely N-dealkylation sites (N-methyl/N-ethyl adjacent to an activating group) is 1. The van der Waals surface area contributed by atoms with Gasteiger partial charge in [-0.25, -0.2) is 8.78 Å². The minimum Gasteiger partial charge on any atom is -0.375 e. The van der Waals surface area contributed by atoms with Crippen molar-refractivity contribution < 1.29 is 18.3 Å². The molecule has 1 saturated heterocycles. The van der Waals surface area contributed by atoms with Crippen LogP contribution in [-0.2, 0) is 16.1 Å². The topological polar surface area (TPSA) is 41.6 Å². The zero-order valence-electron chi connectivity index (χ0n) is 11.9. The van der Waals surface area contributed by atoms with Crippen LogP contribution in [0.25, 0.3) is 0 Å². The first-order valence-electron chi connectivity index (χ1n) is 6.53. The van der Waals surface area contributed by atoms with Crippen LogP contribution >= 0.6 is 12.4 Å². The van der Waals surface area contributed by atoms with Crippen molar-refractivity contribution in [1.29, 1.82) is 0 Å². The van der Waals surface area contributed by atoms with E-state index in [4.69, 9.17) is 4.74 Å². The van der Waals surface area contributed by atoms with Crippen LogP contribution in [0.3, 0.4) is 0 Å². The summed E-state index contributed by atoms with van der Waals surface area (Å²) in [4.78, 5) is 13.8. The zero-order valence-corrected chi connectivity index (χ0v) is 12.8. The molecule has 1 N–H and O–H groups in total. The largest absolute Gasteiger partial charge is 0.375 e. The Bertz CT molecular complexity index is 502. The molecule has 0 unspecified atom stereocenters. The monoisotopic (exact) mass is 320 g/mol. The number of halogens is 3. The fraction of sp³-hybridized carbons (Fsp3) is 0.500. The molecule has 1 aromatic rings. The first kappa shape index (κ1) is 17.8. The van der Waals surface area contributed by atoms with Gasteiger partial charge in [-0.05, 0) is 24.6 Å². The van der Waals surface area contributed by atoms with E-state index in [1.807, 2.05) is 6.92 Å². The zero-order chi connectivity index (χ0) is 14.7. The van der Waals surface area contributed by atoms with Crippen molar-refractivity contribution in [2.75, 3.05) is 20.2 Å². The second-order valence-corrected chi connectivity index (χ2v) is 4.95. The van der Waals surface area contributed by atoms with Gasteiger partial charge < -0.3 is 15.0 Å². The highest BCUT2D eigenvalue weighted by atomic mass is 35.5. The molecule has 0 aromatic heterocycles. The van der Waals surface area contributed by atoms with E-state index in [0.29, 0.717) is 18.7 Å². The molecule has 4 nitrogen and oxygen atoms in total. The summed E-state index contributed by atoms with van der Waals surface area (Å²) < 4.78 is 31.4. The van der Waals surface area contributed by atoms with Gasteiger partial charge in [0.25, 0.3) is 0 Å². The maximum Gasteiger partial charge on any atom is 0.242 e. The van der Waals surface area contributed by atoms with Crippen molar-refractivity contribution in [3.63, 3.8) is 0 Å². The van der Waals surface area contributed by atoms with E-state index in [0.717, 1.165) is 12.1 Å². The number of nitrogens with one attached hydrogen (secondary N) is 1. The second kappa shape index (κ2) is 7.68. The van der Waals surface area contributed by atoms with Gasteiger partial charge in [0.1, 0.15) is 6.04 Å². The van der Waals surface area contributed by atoms with E-state index >= 15 is 0 Å². The maximum absolute atomic E-state index is 13.1. The number of carbonyl (C=O) groups is 1. The predicted molar refractivity (Wildman–Crippen MR) is 77.3 cm³/mol. The third-order valence-corrected chi connectivity index (χ3v) is 3.36. The van der Waals surface area contributed by atoms with Crippen molar-refractivity contribution >= 4 is 18.3 Å². The lowest BCUT2D eigenvalue weighted by atomic mass is 10.1. The van der Waals surface area contributed by atoms with Crippen LogP contribution in [0.5, 0.6) is 0 Å². The summed E-state index contributed by atoms with van der Waals surface area (Å²) in [6, 6.07) is 3.23. The van der Waals surface area contributed by atoms with E-state index in [1.54, 1.807) is 7.05 Å². The van der Waals surface area contributed by atoms with E-state index in [9.17, 15) is 13.6 Å². The SMILES string of the molecule is C[C@H]1OCCN[C@@H]1C(=O)N(C)Cc1ccc(F)c(F)c1.Cl. The fourth-order valence-electron chi connectivity index (χ4n) is 2.24. The molecule has 1 heterocycles. The molecule has 0 aliphatic carbocycles. The van der Waals surface area contributed by atoms with Gasteiger partial charge >= 0.3 is 0 Å². The summed E-state index contributed by atoms with van der Waals surface area (Å²) in [7, 11) is 1.63. The number of hydrogen-bond acceptors (Lipinski definition) is 3. The van der Waals surface area contributed by atoms with Crippen LogP contribution in [0.2, 0.25) is 0 Å². The molecule has 21 heavy (non-hydrogen) atoms. The summed E-state index contributed by atoms with van der Waals surface area (Å²) >= 11 is 0. The van der Waals surface area contributed by atoms with E-state index < -0.39 is 17.7 Å². The van der Waals surface area contributed by atoms with E-state index in [-0.39, 0.29) is 31.0 Å². The van der Waals surface area contributed by atoms with Crippen LogP contribution in [0.15, 0.2) is 18.2 Å². The van der Waals surface area contributed by atoms with Gasteiger partial charge in [-0.15, -0.1) is 12.4 Å². The molecule has 1 aliphatic rings. The van der Waals surface area contributed by atoms with Crippen LogP contribution in [0.1, 0.15) is 12.5 Å². The van der Waals surface area contributed by atoms with Crippen molar-refractivity contribution in [3.05, 3.63) is 35.4 Å². The van der Waals surface area contributed by atoms with E-state index in [2.05, 4.69) is 5.32 Å². The van der Waals surface area contributed by atoms with Gasteiger partial charge in [-0.2, -0.15) is 0 Å². The van der Waals surface area contributed by atoms with Crippen molar-refractivity contribution in [1.82, 2.24) is 10.2 Å². The highest BCUT2D eigenvalue weighted by molar-refractivity contribution is 5.85. The minimum atomic E-state index is -0.907. The number of nitrogens with zero attached hydrogens (tertiary/aromatic N) is 1. The van der Waals surface area contributed by atoms with Gasteiger partial charge in [-0.3, -0.25) is 4.79 Å². The summed E-state index contributed by atoms with van der Waals surface area (Å²) in [6.45, 7) is 3.26. The van der Waals surface area contributed by atoms with Gasteiger partial charge in [0, 0.05) is 20.1 Å². The predicted octanol–water partition coefficient (Wildman–Crippen LogP) is 1.72. The number of morpholine rings is 1. The summed E-state index contributed by atoms with van der Waals surface area (Å²) in [5.41, 5.74) is 0.545. The first-order valence-corrected chi connectivity index (χ1v) is 6.53. The Morgan fingerprint density at radius 2 is 2.14 bits per heavy atom. The van der Waals surface area contributed by atoms with Crippen LogP contribution < -0.4 is 5.32 Å². The molecule has 118 valence electrons. The average molecular weight is 321 g/mol. The lowest BCUT2D eigenvalue weighted by molar-refractivity contribution is -0.138. The average Bonchev–Trinajstić information content (AvgIpc) is 2.42. The van der Waals surface area contributed by atoms with Gasteiger partial charge in [0.2, 0.25) is 5.91 Å². The quantitative estimate of drug-likeness (QED) is 0.922. The Morgan fingerprint density at radius 1 is 1.43 bits per heavy atom. The third kappa shape index (κ3) is 4.36. The van der Waals surface area contributed by atoms with Crippen molar-refractivity contribution in [2.24, 2.45) is 0 Å². The van der Waals surface area contributed by atoms with Crippen molar-refractivity contribution in [3.8, 4) is 0 Å². The maximum atomic E-state index is 13.1. The van der Waals surface area contributed by atoms with Gasteiger partial charge in [0.05, 0.1) is 12.7 Å². The number of carbonyl (C=O) groups excluding carboxylic acids is 1. The Morgan fingerprint density at radius 3 is 2.76 bits per heavy atom. The molecule has 0 radical (unpaired) electrons. The van der Waals surface area contributed by atoms with E-state index in [1.165, 1.54) is 11.0 Å². The molecule has 0 bridgehead atoms. The number of benzene rings is 1. The molecule has 1 aliphatic heterocycles. The molecule has 2 atom stereocenters. The normalized spacial score (nSPS) is 21.5. The lowest BCUT2D eigenvalue weighted by Gasteiger charge is -2.32. The number of rotatable bonds is 3. The fourth-order valence-corrected chi connectivity index (χ4v) is 2.24. The second-order valence-electron chi connectivity index (χ2n) is 4.95. The third-order valence-electron chi connectivity index (χ3n) is 3.36. The molecule has 1 aromatic carbocycles. The summed E-state index contributed by atoms with van der Waals surface area (Å²) in [6.07, 6.45) is -0.205.